The SMILES string of the molecule is O=C(c1cccc2ncccc12)N1CCN(Cc2ccc(-c3ccccc3)s2)CC1. The van der Waals surface area contributed by atoms with E-state index in [1.54, 1.807) is 6.20 Å². The molecule has 4 nitrogen and oxygen atoms in total. The molecule has 0 aliphatic carbocycles. The van der Waals surface area contributed by atoms with Gasteiger partial charge in [-0.1, -0.05) is 42.5 Å². The average molecular weight is 414 g/mol. The van der Waals surface area contributed by atoms with Gasteiger partial charge >= 0.3 is 0 Å². The van der Waals surface area contributed by atoms with Crippen LogP contribution < -0.4 is 0 Å². The fraction of sp³-hybridized carbons (Fsp3) is 0.200. The number of amides is 1. The van der Waals surface area contributed by atoms with E-state index in [1.165, 1.54) is 15.3 Å². The summed E-state index contributed by atoms with van der Waals surface area (Å²) < 4.78 is 0. The van der Waals surface area contributed by atoms with Gasteiger partial charge in [0.25, 0.3) is 5.91 Å². The molecule has 1 aliphatic heterocycles. The molecule has 1 saturated heterocycles. The molecule has 0 bridgehead atoms. The maximum atomic E-state index is 13.1. The number of hydrogen-bond acceptors (Lipinski definition) is 4. The van der Waals surface area contributed by atoms with Crippen LogP contribution in [-0.4, -0.2) is 46.9 Å². The van der Waals surface area contributed by atoms with Crippen molar-refractivity contribution in [2.24, 2.45) is 0 Å². The first-order chi connectivity index (χ1) is 14.8. The number of carbonyl (C=O) groups is 1. The molecular formula is C25H23N3OS. The van der Waals surface area contributed by atoms with Crippen molar-refractivity contribution in [3.05, 3.63) is 89.4 Å². The van der Waals surface area contributed by atoms with Crippen molar-refractivity contribution < 1.29 is 4.79 Å². The van der Waals surface area contributed by atoms with E-state index in [0.29, 0.717) is 0 Å². The number of aromatic nitrogens is 1. The summed E-state index contributed by atoms with van der Waals surface area (Å²) in [6.45, 7) is 4.25. The summed E-state index contributed by atoms with van der Waals surface area (Å²) in [4.78, 5) is 24.6. The van der Waals surface area contributed by atoms with Crippen LogP contribution in [-0.2, 0) is 6.54 Å². The first kappa shape index (κ1) is 19.0. The molecular weight excluding hydrogens is 390 g/mol. The molecule has 3 heterocycles. The minimum Gasteiger partial charge on any atom is -0.336 e. The standard InChI is InChI=1S/C25H23N3OS/c29-25(22-8-4-10-23-21(22)9-5-13-26-23)28-16-14-27(15-17-28)18-20-11-12-24(30-20)19-6-2-1-3-7-19/h1-13H,14-18H2. The van der Waals surface area contributed by atoms with Gasteiger partial charge < -0.3 is 4.90 Å². The molecule has 4 aromatic rings. The zero-order chi connectivity index (χ0) is 20.3. The third-order valence-corrected chi connectivity index (χ3v) is 6.75. The number of rotatable bonds is 4. The van der Waals surface area contributed by atoms with E-state index in [2.05, 4.69) is 46.3 Å². The Balaban J connectivity index is 1.22. The summed E-state index contributed by atoms with van der Waals surface area (Å²) in [5, 5.41) is 0.930. The third kappa shape index (κ3) is 3.86. The monoisotopic (exact) mass is 413 g/mol. The lowest BCUT2D eigenvalue weighted by atomic mass is 10.1. The molecule has 2 aromatic carbocycles. The van der Waals surface area contributed by atoms with Crippen LogP contribution in [0.1, 0.15) is 15.2 Å². The summed E-state index contributed by atoms with van der Waals surface area (Å²) in [5.74, 6) is 0.107. The van der Waals surface area contributed by atoms with Crippen molar-refractivity contribution in [1.29, 1.82) is 0 Å². The largest absolute Gasteiger partial charge is 0.336 e. The molecule has 1 fully saturated rings. The van der Waals surface area contributed by atoms with Gasteiger partial charge in [-0.3, -0.25) is 14.7 Å². The zero-order valence-corrected chi connectivity index (χ0v) is 17.5. The molecule has 2 aromatic heterocycles. The normalized spacial score (nSPS) is 14.9. The lowest BCUT2D eigenvalue weighted by molar-refractivity contribution is 0.0631. The molecule has 1 amide bonds. The lowest BCUT2D eigenvalue weighted by Crippen LogP contribution is -2.48. The highest BCUT2D eigenvalue weighted by Crippen LogP contribution is 2.29. The van der Waals surface area contributed by atoms with Crippen LogP contribution >= 0.6 is 11.3 Å². The van der Waals surface area contributed by atoms with Gasteiger partial charge in [-0.2, -0.15) is 0 Å². The predicted octanol–water partition coefficient (Wildman–Crippen LogP) is 4.92. The Morgan fingerprint density at radius 2 is 1.70 bits per heavy atom. The summed E-state index contributed by atoms with van der Waals surface area (Å²) in [5.41, 5.74) is 2.89. The van der Waals surface area contributed by atoms with Crippen molar-refractivity contribution in [3.63, 3.8) is 0 Å². The number of benzene rings is 2. The number of thiophene rings is 1. The molecule has 150 valence electrons. The van der Waals surface area contributed by atoms with Crippen LogP contribution in [0.4, 0.5) is 0 Å². The lowest BCUT2D eigenvalue weighted by Gasteiger charge is -2.34. The topological polar surface area (TPSA) is 36.4 Å². The molecule has 0 N–H and O–H groups in total. The highest BCUT2D eigenvalue weighted by atomic mass is 32.1. The van der Waals surface area contributed by atoms with Crippen molar-refractivity contribution in [1.82, 2.24) is 14.8 Å². The molecule has 0 spiro atoms. The second-order valence-electron chi connectivity index (χ2n) is 7.58. The zero-order valence-electron chi connectivity index (χ0n) is 16.7. The molecule has 0 atom stereocenters. The van der Waals surface area contributed by atoms with Crippen molar-refractivity contribution in [2.45, 2.75) is 6.54 Å². The van der Waals surface area contributed by atoms with Gasteiger partial charge in [0.05, 0.1) is 5.52 Å². The van der Waals surface area contributed by atoms with Crippen molar-refractivity contribution >= 4 is 28.1 Å². The van der Waals surface area contributed by atoms with Gasteiger partial charge in [-0.25, -0.2) is 0 Å². The average Bonchev–Trinajstić information content (AvgIpc) is 3.28. The van der Waals surface area contributed by atoms with Gasteiger partial charge in [-0.05, 0) is 35.9 Å². The van der Waals surface area contributed by atoms with E-state index in [4.69, 9.17) is 0 Å². The smallest absolute Gasteiger partial charge is 0.254 e. The number of nitrogens with zero attached hydrogens (tertiary/aromatic N) is 3. The highest BCUT2D eigenvalue weighted by molar-refractivity contribution is 7.15. The summed E-state index contributed by atoms with van der Waals surface area (Å²) in [6.07, 6.45) is 1.77. The predicted molar refractivity (Wildman–Crippen MR) is 123 cm³/mol. The van der Waals surface area contributed by atoms with Gasteiger partial charge in [0.2, 0.25) is 0 Å². The fourth-order valence-corrected chi connectivity index (χ4v) is 5.07. The molecule has 0 radical (unpaired) electrons. The maximum absolute atomic E-state index is 13.1. The van der Waals surface area contributed by atoms with E-state index in [0.717, 1.165) is 49.2 Å². The van der Waals surface area contributed by atoms with E-state index >= 15 is 0 Å². The van der Waals surface area contributed by atoms with Gasteiger partial charge in [0, 0.05) is 59.6 Å². The van der Waals surface area contributed by atoms with Crippen LogP contribution in [0.2, 0.25) is 0 Å². The van der Waals surface area contributed by atoms with Crippen molar-refractivity contribution in [2.75, 3.05) is 26.2 Å². The van der Waals surface area contributed by atoms with Crippen LogP contribution in [0.15, 0.2) is 79.0 Å². The number of carbonyl (C=O) groups excluding carboxylic acids is 1. The first-order valence-corrected chi connectivity index (χ1v) is 11.1. The van der Waals surface area contributed by atoms with E-state index in [-0.39, 0.29) is 5.91 Å². The molecule has 0 unspecified atom stereocenters. The van der Waals surface area contributed by atoms with Crippen molar-refractivity contribution in [3.8, 4) is 10.4 Å². The molecule has 30 heavy (non-hydrogen) atoms. The first-order valence-electron chi connectivity index (χ1n) is 10.3. The minimum atomic E-state index is 0.107. The number of hydrogen-bond donors (Lipinski definition) is 0. The van der Waals surface area contributed by atoms with Crippen LogP contribution in [0, 0.1) is 0 Å². The van der Waals surface area contributed by atoms with Crippen LogP contribution in [0.3, 0.4) is 0 Å². The van der Waals surface area contributed by atoms with Crippen LogP contribution in [0.25, 0.3) is 21.3 Å². The molecule has 0 saturated carbocycles. The Kier molecular flexibility index (Phi) is 5.30. The fourth-order valence-electron chi connectivity index (χ4n) is 4.01. The van der Waals surface area contributed by atoms with Gasteiger partial charge in [-0.15, -0.1) is 11.3 Å². The third-order valence-electron chi connectivity index (χ3n) is 5.64. The Bertz CT molecular complexity index is 1160. The van der Waals surface area contributed by atoms with Crippen LogP contribution in [0.5, 0.6) is 0 Å². The Labute approximate surface area is 180 Å². The number of fused-ring (bicyclic) bond motifs is 1. The second kappa shape index (κ2) is 8.38. The Morgan fingerprint density at radius 1 is 0.867 bits per heavy atom. The maximum Gasteiger partial charge on any atom is 0.254 e. The molecule has 5 rings (SSSR count). The summed E-state index contributed by atoms with van der Waals surface area (Å²) in [7, 11) is 0. The summed E-state index contributed by atoms with van der Waals surface area (Å²) in [6, 6.07) is 24.6. The quantitative estimate of drug-likeness (QED) is 0.476. The second-order valence-corrected chi connectivity index (χ2v) is 8.74. The number of piperazine rings is 1. The van der Waals surface area contributed by atoms with E-state index < -0.39 is 0 Å². The van der Waals surface area contributed by atoms with Gasteiger partial charge in [0.15, 0.2) is 0 Å². The Hall–Kier alpha value is -3.02. The van der Waals surface area contributed by atoms with E-state index in [9.17, 15) is 4.79 Å². The van der Waals surface area contributed by atoms with Gasteiger partial charge in [0.1, 0.15) is 0 Å². The molecule has 5 heteroatoms. The summed E-state index contributed by atoms with van der Waals surface area (Å²) >= 11 is 1.86. The minimum absolute atomic E-state index is 0.107. The highest BCUT2D eigenvalue weighted by Gasteiger charge is 2.23. The number of pyridine rings is 1. The van der Waals surface area contributed by atoms with E-state index in [1.807, 2.05) is 52.6 Å². The Morgan fingerprint density at radius 3 is 2.53 bits per heavy atom. The molecule has 1 aliphatic rings.